The maximum absolute atomic E-state index is 12.2. The minimum atomic E-state index is -3.17. The van der Waals surface area contributed by atoms with Gasteiger partial charge in [0.2, 0.25) is 15.9 Å². The first-order chi connectivity index (χ1) is 10.8. The van der Waals surface area contributed by atoms with E-state index in [1.165, 1.54) is 16.1 Å². The van der Waals surface area contributed by atoms with Crippen molar-refractivity contribution in [1.29, 1.82) is 0 Å². The van der Waals surface area contributed by atoms with Gasteiger partial charge in [-0.15, -0.1) is 0 Å². The van der Waals surface area contributed by atoms with Crippen molar-refractivity contribution < 1.29 is 17.9 Å². The quantitative estimate of drug-likeness (QED) is 0.807. The minimum Gasteiger partial charge on any atom is -0.493 e. The summed E-state index contributed by atoms with van der Waals surface area (Å²) >= 11 is 0. The van der Waals surface area contributed by atoms with Gasteiger partial charge in [0.1, 0.15) is 5.75 Å². The average molecular weight is 340 g/mol. The number of aryl methyl sites for hydroxylation is 2. The van der Waals surface area contributed by atoms with Crippen LogP contribution in [0.2, 0.25) is 0 Å². The van der Waals surface area contributed by atoms with Crippen molar-refractivity contribution in [3.05, 3.63) is 29.3 Å². The van der Waals surface area contributed by atoms with Crippen molar-refractivity contribution in [3.63, 3.8) is 0 Å². The van der Waals surface area contributed by atoms with Gasteiger partial charge in [0.15, 0.2) is 0 Å². The third-order valence-electron chi connectivity index (χ3n) is 3.96. The van der Waals surface area contributed by atoms with Gasteiger partial charge in [-0.1, -0.05) is 17.7 Å². The number of amides is 1. The monoisotopic (exact) mass is 340 g/mol. The van der Waals surface area contributed by atoms with Gasteiger partial charge in [0.05, 0.1) is 19.3 Å². The SMILES string of the molecule is Cc1ccc(OCCC(=O)N2CCN(S(C)(=O)=O)CC2)c(C)c1. The first-order valence-corrected chi connectivity index (χ1v) is 9.55. The van der Waals surface area contributed by atoms with Crippen molar-refractivity contribution in [3.8, 4) is 5.75 Å². The number of ether oxygens (including phenoxy) is 1. The summed E-state index contributed by atoms with van der Waals surface area (Å²) in [5.74, 6) is 0.799. The Morgan fingerprint density at radius 1 is 1.17 bits per heavy atom. The van der Waals surface area contributed by atoms with Crippen LogP contribution in [0.4, 0.5) is 0 Å². The molecule has 0 unspecified atom stereocenters. The summed E-state index contributed by atoms with van der Waals surface area (Å²) in [7, 11) is -3.17. The van der Waals surface area contributed by atoms with Gasteiger partial charge < -0.3 is 9.64 Å². The molecule has 0 aliphatic carbocycles. The highest BCUT2D eigenvalue weighted by Crippen LogP contribution is 2.19. The molecule has 0 aromatic heterocycles. The van der Waals surface area contributed by atoms with Crippen LogP contribution in [0.1, 0.15) is 17.5 Å². The molecule has 6 nitrogen and oxygen atoms in total. The topological polar surface area (TPSA) is 66.9 Å². The Labute approximate surface area is 138 Å². The number of hydrogen-bond acceptors (Lipinski definition) is 4. The van der Waals surface area contributed by atoms with Crippen LogP contribution in [0.15, 0.2) is 18.2 Å². The van der Waals surface area contributed by atoms with Crippen LogP contribution in [-0.4, -0.2) is 62.6 Å². The van der Waals surface area contributed by atoms with Crippen molar-refractivity contribution in [1.82, 2.24) is 9.21 Å². The van der Waals surface area contributed by atoms with Crippen LogP contribution in [-0.2, 0) is 14.8 Å². The molecule has 7 heteroatoms. The van der Waals surface area contributed by atoms with E-state index in [9.17, 15) is 13.2 Å². The summed E-state index contributed by atoms with van der Waals surface area (Å²) in [6.07, 6.45) is 1.49. The molecule has 1 fully saturated rings. The highest BCUT2D eigenvalue weighted by Gasteiger charge is 2.25. The highest BCUT2D eigenvalue weighted by molar-refractivity contribution is 7.88. The third-order valence-corrected chi connectivity index (χ3v) is 5.27. The normalized spacial score (nSPS) is 16.4. The summed E-state index contributed by atoms with van der Waals surface area (Å²) in [4.78, 5) is 13.9. The molecule has 1 aliphatic rings. The van der Waals surface area contributed by atoms with Gasteiger partial charge in [0.25, 0.3) is 0 Å². The number of carbonyl (C=O) groups is 1. The Kier molecular flexibility index (Phi) is 5.64. The minimum absolute atomic E-state index is 0.00270. The molecule has 1 aromatic carbocycles. The number of carbonyl (C=O) groups excluding carboxylic acids is 1. The van der Waals surface area contributed by atoms with Crippen LogP contribution >= 0.6 is 0 Å². The standard InChI is InChI=1S/C16H24N2O4S/c1-13-4-5-15(14(2)12-13)22-11-6-16(19)17-7-9-18(10-8-17)23(3,20)21/h4-5,12H,6-11H2,1-3H3. The van der Waals surface area contributed by atoms with E-state index in [0.29, 0.717) is 39.2 Å². The number of piperazine rings is 1. The zero-order chi connectivity index (χ0) is 17.0. The summed E-state index contributed by atoms with van der Waals surface area (Å²) in [5.41, 5.74) is 2.23. The van der Waals surface area contributed by atoms with Gasteiger partial charge in [-0.05, 0) is 25.5 Å². The lowest BCUT2D eigenvalue weighted by molar-refractivity contribution is -0.132. The Morgan fingerprint density at radius 2 is 1.83 bits per heavy atom. The fourth-order valence-corrected chi connectivity index (χ4v) is 3.46. The maximum atomic E-state index is 12.2. The van der Waals surface area contributed by atoms with Crippen LogP contribution in [0.3, 0.4) is 0 Å². The molecule has 1 aliphatic heterocycles. The second-order valence-corrected chi connectivity index (χ2v) is 7.89. The lowest BCUT2D eigenvalue weighted by Crippen LogP contribution is -2.50. The second kappa shape index (κ2) is 7.31. The lowest BCUT2D eigenvalue weighted by atomic mass is 10.1. The van der Waals surface area contributed by atoms with E-state index in [-0.39, 0.29) is 5.91 Å². The van der Waals surface area contributed by atoms with Crippen molar-refractivity contribution in [2.24, 2.45) is 0 Å². The zero-order valence-corrected chi connectivity index (χ0v) is 14.7. The van der Waals surface area contributed by atoms with E-state index in [2.05, 4.69) is 0 Å². The molecule has 0 saturated carbocycles. The van der Waals surface area contributed by atoms with Crippen LogP contribution in [0, 0.1) is 13.8 Å². The number of benzene rings is 1. The van der Waals surface area contributed by atoms with Crippen LogP contribution < -0.4 is 4.74 Å². The van der Waals surface area contributed by atoms with E-state index in [0.717, 1.165) is 11.3 Å². The molecule has 0 spiro atoms. The van der Waals surface area contributed by atoms with Gasteiger partial charge >= 0.3 is 0 Å². The van der Waals surface area contributed by atoms with E-state index in [1.54, 1.807) is 4.90 Å². The Balaban J connectivity index is 1.78. The molecule has 0 radical (unpaired) electrons. The van der Waals surface area contributed by atoms with Crippen molar-refractivity contribution >= 4 is 15.9 Å². The predicted octanol–water partition coefficient (Wildman–Crippen LogP) is 1.18. The summed E-state index contributed by atoms with van der Waals surface area (Å²) in [6, 6.07) is 5.94. The van der Waals surface area contributed by atoms with E-state index >= 15 is 0 Å². The van der Waals surface area contributed by atoms with Crippen molar-refractivity contribution in [2.75, 3.05) is 39.0 Å². The van der Waals surface area contributed by atoms with Crippen LogP contribution in [0.5, 0.6) is 5.75 Å². The molecule has 0 bridgehead atoms. The van der Waals surface area contributed by atoms with Crippen molar-refractivity contribution in [2.45, 2.75) is 20.3 Å². The third kappa shape index (κ3) is 4.94. The smallest absolute Gasteiger partial charge is 0.226 e. The van der Waals surface area contributed by atoms with E-state index in [1.807, 2.05) is 32.0 Å². The van der Waals surface area contributed by atoms with Gasteiger partial charge in [-0.25, -0.2) is 8.42 Å². The second-order valence-electron chi connectivity index (χ2n) is 5.91. The number of nitrogens with zero attached hydrogens (tertiary/aromatic N) is 2. The summed E-state index contributed by atoms with van der Waals surface area (Å²) in [5, 5.41) is 0. The molecule has 128 valence electrons. The Bertz CT molecular complexity index is 665. The Morgan fingerprint density at radius 3 is 2.39 bits per heavy atom. The average Bonchev–Trinajstić information content (AvgIpc) is 2.48. The molecule has 1 heterocycles. The van der Waals surface area contributed by atoms with Gasteiger partial charge in [-0.3, -0.25) is 4.79 Å². The van der Waals surface area contributed by atoms with Crippen LogP contribution in [0.25, 0.3) is 0 Å². The highest BCUT2D eigenvalue weighted by atomic mass is 32.2. The molecule has 1 saturated heterocycles. The number of hydrogen-bond donors (Lipinski definition) is 0. The summed E-state index contributed by atoms with van der Waals surface area (Å²) < 4.78 is 30.0. The molecular formula is C16H24N2O4S. The molecule has 1 amide bonds. The first-order valence-electron chi connectivity index (χ1n) is 7.70. The fourth-order valence-electron chi connectivity index (χ4n) is 2.64. The maximum Gasteiger partial charge on any atom is 0.226 e. The van der Waals surface area contributed by atoms with Gasteiger partial charge in [-0.2, -0.15) is 4.31 Å². The largest absolute Gasteiger partial charge is 0.493 e. The van der Waals surface area contributed by atoms with E-state index in [4.69, 9.17) is 4.74 Å². The number of sulfonamides is 1. The molecule has 2 rings (SSSR count). The van der Waals surface area contributed by atoms with Gasteiger partial charge in [0, 0.05) is 26.2 Å². The lowest BCUT2D eigenvalue weighted by Gasteiger charge is -2.33. The molecule has 1 aromatic rings. The first kappa shape index (κ1) is 17.7. The summed E-state index contributed by atoms with van der Waals surface area (Å²) in [6.45, 7) is 5.94. The van der Waals surface area contributed by atoms with E-state index < -0.39 is 10.0 Å². The molecular weight excluding hydrogens is 316 g/mol. The molecule has 23 heavy (non-hydrogen) atoms. The molecule has 0 atom stereocenters. The fraction of sp³-hybridized carbons (Fsp3) is 0.562. The zero-order valence-electron chi connectivity index (χ0n) is 13.9. The predicted molar refractivity (Wildman–Crippen MR) is 89.0 cm³/mol. The number of rotatable bonds is 5. The molecule has 0 N–H and O–H groups in total. The Hall–Kier alpha value is -1.60.